The predicted molar refractivity (Wildman–Crippen MR) is 77.9 cm³/mol. The van der Waals surface area contributed by atoms with Crippen LogP contribution in [0, 0.1) is 13.8 Å². The molecule has 0 aliphatic heterocycles. The summed E-state index contributed by atoms with van der Waals surface area (Å²) in [7, 11) is 0. The molecule has 0 saturated carbocycles. The lowest BCUT2D eigenvalue weighted by atomic mass is 10.1. The van der Waals surface area contributed by atoms with E-state index >= 15 is 0 Å². The molecule has 1 heterocycles. The zero-order chi connectivity index (χ0) is 13.8. The van der Waals surface area contributed by atoms with E-state index in [2.05, 4.69) is 53.5 Å². The normalized spacial score (nSPS) is 10.5. The average molecular weight is 256 g/mol. The Morgan fingerprint density at radius 2 is 2.00 bits per heavy atom. The second-order valence-electron chi connectivity index (χ2n) is 4.72. The average Bonchev–Trinajstić information content (AvgIpc) is 2.38. The molecular weight excluding hydrogens is 236 g/mol. The summed E-state index contributed by atoms with van der Waals surface area (Å²) < 4.78 is 0. The molecule has 0 aliphatic carbocycles. The number of anilines is 1. The van der Waals surface area contributed by atoms with Crippen LogP contribution >= 0.6 is 0 Å². The number of nitrogen functional groups attached to an aromatic ring is 1. The Labute approximate surface area is 114 Å². The number of benzene rings is 1. The van der Waals surface area contributed by atoms with Crippen LogP contribution in [0.2, 0.25) is 0 Å². The third-order valence-electron chi connectivity index (χ3n) is 3.20. The summed E-state index contributed by atoms with van der Waals surface area (Å²) in [5, 5.41) is 0. The molecule has 0 aliphatic rings. The van der Waals surface area contributed by atoms with Crippen molar-refractivity contribution in [2.45, 2.75) is 33.6 Å². The van der Waals surface area contributed by atoms with Gasteiger partial charge in [-0.1, -0.05) is 36.8 Å². The Balaban J connectivity index is 2.33. The lowest BCUT2D eigenvalue weighted by Gasteiger charge is -2.11. The molecule has 1 aromatic carbocycles. The number of aromatic nitrogens is 2. The minimum Gasteiger partial charge on any atom is -0.308 e. The van der Waals surface area contributed by atoms with Crippen LogP contribution in [0.25, 0.3) is 0 Å². The number of hydrazine groups is 1. The Morgan fingerprint density at radius 1 is 1.21 bits per heavy atom. The van der Waals surface area contributed by atoms with Crippen molar-refractivity contribution in [1.82, 2.24) is 9.97 Å². The highest BCUT2D eigenvalue weighted by atomic mass is 15.3. The van der Waals surface area contributed by atoms with Gasteiger partial charge in [0, 0.05) is 17.7 Å². The zero-order valence-corrected chi connectivity index (χ0v) is 11.7. The number of hydrogen-bond donors (Lipinski definition) is 2. The molecule has 0 unspecified atom stereocenters. The molecule has 0 fully saturated rings. The van der Waals surface area contributed by atoms with Gasteiger partial charge in [0.15, 0.2) is 0 Å². The van der Waals surface area contributed by atoms with Crippen molar-refractivity contribution in [3.63, 3.8) is 0 Å². The van der Waals surface area contributed by atoms with E-state index in [0.29, 0.717) is 0 Å². The molecule has 1 aromatic heterocycles. The Morgan fingerprint density at radius 3 is 2.63 bits per heavy atom. The number of nitrogens with two attached hydrogens (primary N) is 1. The van der Waals surface area contributed by atoms with Gasteiger partial charge in [0.2, 0.25) is 0 Å². The van der Waals surface area contributed by atoms with Crippen LogP contribution in [0.4, 0.5) is 5.82 Å². The molecule has 19 heavy (non-hydrogen) atoms. The van der Waals surface area contributed by atoms with Crippen LogP contribution in [-0.2, 0) is 12.8 Å². The molecule has 2 rings (SSSR count). The lowest BCUT2D eigenvalue weighted by Crippen LogP contribution is -2.14. The molecule has 2 aromatic rings. The van der Waals surface area contributed by atoms with Crippen molar-refractivity contribution in [1.29, 1.82) is 0 Å². The molecule has 0 radical (unpaired) electrons. The van der Waals surface area contributed by atoms with E-state index in [1.54, 1.807) is 0 Å². The molecule has 4 nitrogen and oxygen atoms in total. The highest BCUT2D eigenvalue weighted by Gasteiger charge is 2.09. The maximum absolute atomic E-state index is 5.54. The lowest BCUT2D eigenvalue weighted by molar-refractivity contribution is 0.903. The number of aryl methyl sites for hydroxylation is 2. The van der Waals surface area contributed by atoms with Crippen LogP contribution in [0.15, 0.2) is 24.3 Å². The first-order valence-corrected chi connectivity index (χ1v) is 6.52. The van der Waals surface area contributed by atoms with Gasteiger partial charge < -0.3 is 5.43 Å². The van der Waals surface area contributed by atoms with E-state index < -0.39 is 0 Å². The SMILES string of the molecule is CCc1c(C)nc(Cc2cccc(C)c2)nc1NN. The third-order valence-corrected chi connectivity index (χ3v) is 3.20. The summed E-state index contributed by atoms with van der Waals surface area (Å²) in [5.74, 6) is 7.07. The first kappa shape index (κ1) is 13.5. The van der Waals surface area contributed by atoms with E-state index in [9.17, 15) is 0 Å². The van der Waals surface area contributed by atoms with Gasteiger partial charge in [0.05, 0.1) is 0 Å². The van der Waals surface area contributed by atoms with Gasteiger partial charge in [-0.3, -0.25) is 0 Å². The fraction of sp³-hybridized carbons (Fsp3) is 0.333. The molecule has 100 valence electrons. The van der Waals surface area contributed by atoms with Crippen LogP contribution in [0.3, 0.4) is 0 Å². The smallest absolute Gasteiger partial charge is 0.147 e. The van der Waals surface area contributed by atoms with Crippen molar-refractivity contribution in [3.8, 4) is 0 Å². The van der Waals surface area contributed by atoms with E-state index in [-0.39, 0.29) is 0 Å². The topological polar surface area (TPSA) is 63.8 Å². The second kappa shape index (κ2) is 5.80. The Kier molecular flexibility index (Phi) is 4.12. The van der Waals surface area contributed by atoms with Crippen molar-refractivity contribution in [3.05, 3.63) is 52.5 Å². The highest BCUT2D eigenvalue weighted by molar-refractivity contribution is 5.45. The summed E-state index contributed by atoms with van der Waals surface area (Å²) in [6.07, 6.45) is 1.59. The molecule has 0 amide bonds. The summed E-state index contributed by atoms with van der Waals surface area (Å²) >= 11 is 0. The van der Waals surface area contributed by atoms with Crippen molar-refractivity contribution < 1.29 is 0 Å². The standard InChI is InChI=1S/C15H20N4/c1-4-13-11(3)17-14(18-15(13)19-16)9-12-7-5-6-10(2)8-12/h5-8H,4,9,16H2,1-3H3,(H,17,18,19). The van der Waals surface area contributed by atoms with Gasteiger partial charge in [0.25, 0.3) is 0 Å². The van der Waals surface area contributed by atoms with Crippen LogP contribution in [0.1, 0.15) is 35.1 Å². The monoisotopic (exact) mass is 256 g/mol. The van der Waals surface area contributed by atoms with Crippen molar-refractivity contribution in [2.75, 3.05) is 5.43 Å². The summed E-state index contributed by atoms with van der Waals surface area (Å²) in [5.41, 5.74) is 7.21. The molecule has 0 atom stereocenters. The number of rotatable bonds is 4. The third kappa shape index (κ3) is 3.09. The maximum atomic E-state index is 5.54. The predicted octanol–water partition coefficient (Wildman–Crippen LogP) is 2.53. The van der Waals surface area contributed by atoms with Crippen molar-refractivity contribution >= 4 is 5.82 Å². The molecular formula is C15H20N4. The highest BCUT2D eigenvalue weighted by Crippen LogP contribution is 2.17. The molecule has 0 saturated heterocycles. The first-order valence-electron chi connectivity index (χ1n) is 6.52. The van der Waals surface area contributed by atoms with E-state index in [1.807, 2.05) is 6.92 Å². The first-order chi connectivity index (χ1) is 9.13. The maximum Gasteiger partial charge on any atom is 0.147 e. The van der Waals surface area contributed by atoms with E-state index in [1.165, 1.54) is 11.1 Å². The van der Waals surface area contributed by atoms with Crippen molar-refractivity contribution in [2.24, 2.45) is 5.84 Å². The van der Waals surface area contributed by atoms with Gasteiger partial charge in [0.1, 0.15) is 11.6 Å². The summed E-state index contributed by atoms with van der Waals surface area (Å²) in [6, 6.07) is 8.39. The fourth-order valence-corrected chi connectivity index (χ4v) is 2.28. The van der Waals surface area contributed by atoms with Gasteiger partial charge in [-0.05, 0) is 25.8 Å². The number of nitrogens with zero attached hydrogens (tertiary/aromatic N) is 2. The second-order valence-corrected chi connectivity index (χ2v) is 4.72. The summed E-state index contributed by atoms with van der Waals surface area (Å²) in [4.78, 5) is 9.07. The fourth-order valence-electron chi connectivity index (χ4n) is 2.28. The Hall–Kier alpha value is -1.94. The van der Waals surface area contributed by atoms with Crippen LogP contribution < -0.4 is 11.3 Å². The molecule has 0 bridgehead atoms. The van der Waals surface area contributed by atoms with Gasteiger partial charge >= 0.3 is 0 Å². The number of hydrogen-bond acceptors (Lipinski definition) is 4. The van der Waals surface area contributed by atoms with Crippen LogP contribution in [0.5, 0.6) is 0 Å². The number of nitrogens with one attached hydrogen (secondary N) is 1. The minimum absolute atomic E-state index is 0.723. The molecule has 4 heteroatoms. The van der Waals surface area contributed by atoms with Crippen LogP contribution in [-0.4, -0.2) is 9.97 Å². The molecule has 3 N–H and O–H groups in total. The Bertz CT molecular complexity index is 578. The quantitative estimate of drug-likeness (QED) is 0.652. The van der Waals surface area contributed by atoms with Gasteiger partial charge in [-0.25, -0.2) is 15.8 Å². The van der Waals surface area contributed by atoms with Gasteiger partial charge in [-0.15, -0.1) is 0 Å². The van der Waals surface area contributed by atoms with Gasteiger partial charge in [-0.2, -0.15) is 0 Å². The minimum atomic E-state index is 0.723. The van der Waals surface area contributed by atoms with E-state index in [4.69, 9.17) is 5.84 Å². The largest absolute Gasteiger partial charge is 0.308 e. The molecule has 0 spiro atoms. The van der Waals surface area contributed by atoms with E-state index in [0.717, 1.165) is 35.7 Å². The summed E-state index contributed by atoms with van der Waals surface area (Å²) in [6.45, 7) is 6.16. The zero-order valence-electron chi connectivity index (χ0n) is 11.7.